The van der Waals surface area contributed by atoms with Crippen LogP contribution in [0.5, 0.6) is 5.75 Å². The van der Waals surface area contributed by atoms with E-state index in [2.05, 4.69) is 39.7 Å². The Morgan fingerprint density at radius 1 is 1.00 bits per heavy atom. The summed E-state index contributed by atoms with van der Waals surface area (Å²) in [6, 6.07) is 17.9. The van der Waals surface area contributed by atoms with E-state index in [9.17, 15) is 0 Å². The number of nitrogens with zero attached hydrogens (tertiary/aromatic N) is 2. The van der Waals surface area contributed by atoms with Crippen molar-refractivity contribution in [1.82, 2.24) is 9.97 Å². The summed E-state index contributed by atoms with van der Waals surface area (Å²) >= 11 is 0. The van der Waals surface area contributed by atoms with Gasteiger partial charge in [-0.25, -0.2) is 4.98 Å². The standard InChI is InChI=1S/C20H22N4O/c1-3-25-18-11-7-6-10-17(18)23-20-21-13-12-19(24-20)22-14-16-9-5-4-8-15(16)2/h4-13H,3,14H2,1-2H3,(H2,21,22,23,24). The predicted octanol–water partition coefficient (Wildman–Crippen LogP) is 4.54. The van der Waals surface area contributed by atoms with Crippen LogP contribution in [-0.4, -0.2) is 16.6 Å². The fourth-order valence-corrected chi connectivity index (χ4v) is 2.48. The lowest BCUT2D eigenvalue weighted by molar-refractivity contribution is 0.342. The molecule has 0 atom stereocenters. The van der Waals surface area contributed by atoms with Crippen molar-refractivity contribution in [3.8, 4) is 5.75 Å². The van der Waals surface area contributed by atoms with Gasteiger partial charge in [-0.15, -0.1) is 0 Å². The Morgan fingerprint density at radius 3 is 2.64 bits per heavy atom. The van der Waals surface area contributed by atoms with Gasteiger partial charge in [0.05, 0.1) is 12.3 Å². The molecule has 1 aromatic heterocycles. The summed E-state index contributed by atoms with van der Waals surface area (Å²) < 4.78 is 5.62. The van der Waals surface area contributed by atoms with Gasteiger partial charge < -0.3 is 15.4 Å². The van der Waals surface area contributed by atoms with E-state index in [1.54, 1.807) is 6.20 Å². The zero-order valence-electron chi connectivity index (χ0n) is 14.5. The molecule has 0 aliphatic carbocycles. The number of aromatic nitrogens is 2. The van der Waals surface area contributed by atoms with Crippen molar-refractivity contribution < 1.29 is 4.74 Å². The summed E-state index contributed by atoms with van der Waals surface area (Å²) in [4.78, 5) is 8.82. The first-order valence-corrected chi connectivity index (χ1v) is 8.36. The summed E-state index contributed by atoms with van der Waals surface area (Å²) in [5, 5.41) is 6.57. The number of benzene rings is 2. The molecule has 3 rings (SSSR count). The van der Waals surface area contributed by atoms with E-state index >= 15 is 0 Å². The molecular formula is C20H22N4O. The van der Waals surface area contributed by atoms with E-state index in [1.807, 2.05) is 49.4 Å². The van der Waals surface area contributed by atoms with Gasteiger partial charge in [-0.05, 0) is 43.2 Å². The highest BCUT2D eigenvalue weighted by atomic mass is 16.5. The second-order valence-corrected chi connectivity index (χ2v) is 5.60. The molecule has 0 bridgehead atoms. The van der Waals surface area contributed by atoms with Gasteiger partial charge in [-0.3, -0.25) is 0 Å². The molecule has 0 amide bonds. The molecule has 0 radical (unpaired) electrons. The van der Waals surface area contributed by atoms with E-state index in [0.717, 1.165) is 23.8 Å². The van der Waals surface area contributed by atoms with Crippen LogP contribution in [0.15, 0.2) is 60.8 Å². The maximum Gasteiger partial charge on any atom is 0.229 e. The minimum absolute atomic E-state index is 0.530. The van der Waals surface area contributed by atoms with Crippen molar-refractivity contribution in [3.05, 3.63) is 71.9 Å². The number of hydrogen-bond donors (Lipinski definition) is 2. The summed E-state index contributed by atoms with van der Waals surface area (Å²) in [5.41, 5.74) is 3.35. The van der Waals surface area contributed by atoms with Crippen LogP contribution in [0.25, 0.3) is 0 Å². The predicted molar refractivity (Wildman–Crippen MR) is 101 cm³/mol. The Kier molecular flexibility index (Phi) is 5.46. The van der Waals surface area contributed by atoms with E-state index in [0.29, 0.717) is 12.6 Å². The highest BCUT2D eigenvalue weighted by Crippen LogP contribution is 2.26. The average molecular weight is 334 g/mol. The first kappa shape index (κ1) is 16.8. The maximum absolute atomic E-state index is 5.62. The van der Waals surface area contributed by atoms with Gasteiger partial charge in [0.15, 0.2) is 0 Å². The molecule has 0 spiro atoms. The Bertz CT molecular complexity index is 835. The van der Waals surface area contributed by atoms with Crippen molar-refractivity contribution in [2.75, 3.05) is 17.2 Å². The van der Waals surface area contributed by atoms with Gasteiger partial charge in [-0.1, -0.05) is 36.4 Å². The number of aryl methyl sites for hydroxylation is 1. The van der Waals surface area contributed by atoms with E-state index in [4.69, 9.17) is 4.74 Å². The van der Waals surface area contributed by atoms with Crippen LogP contribution in [0.3, 0.4) is 0 Å². The fourth-order valence-electron chi connectivity index (χ4n) is 2.48. The molecule has 0 aliphatic heterocycles. The van der Waals surface area contributed by atoms with Crippen LogP contribution in [0.4, 0.5) is 17.5 Å². The third-order valence-electron chi connectivity index (χ3n) is 3.81. The smallest absolute Gasteiger partial charge is 0.229 e. The molecule has 3 aromatic rings. The van der Waals surface area contributed by atoms with Crippen LogP contribution in [0.1, 0.15) is 18.1 Å². The van der Waals surface area contributed by atoms with Crippen LogP contribution >= 0.6 is 0 Å². The quantitative estimate of drug-likeness (QED) is 0.664. The van der Waals surface area contributed by atoms with Gasteiger partial charge in [0, 0.05) is 12.7 Å². The normalized spacial score (nSPS) is 10.3. The van der Waals surface area contributed by atoms with Gasteiger partial charge in [0.1, 0.15) is 11.6 Å². The second kappa shape index (κ2) is 8.15. The van der Waals surface area contributed by atoms with E-state index in [-0.39, 0.29) is 0 Å². The van der Waals surface area contributed by atoms with Crippen molar-refractivity contribution in [3.63, 3.8) is 0 Å². The Balaban J connectivity index is 1.71. The molecule has 0 saturated heterocycles. The summed E-state index contributed by atoms with van der Waals surface area (Å²) in [7, 11) is 0. The van der Waals surface area contributed by atoms with E-state index in [1.165, 1.54) is 11.1 Å². The van der Waals surface area contributed by atoms with Crippen molar-refractivity contribution >= 4 is 17.5 Å². The van der Waals surface area contributed by atoms with Gasteiger partial charge >= 0.3 is 0 Å². The largest absolute Gasteiger partial charge is 0.492 e. The first-order chi connectivity index (χ1) is 12.3. The second-order valence-electron chi connectivity index (χ2n) is 5.60. The van der Waals surface area contributed by atoms with Crippen molar-refractivity contribution in [1.29, 1.82) is 0 Å². The average Bonchev–Trinajstić information content (AvgIpc) is 2.63. The SMILES string of the molecule is CCOc1ccccc1Nc1nccc(NCc2ccccc2C)n1. The molecule has 2 N–H and O–H groups in total. The summed E-state index contributed by atoms with van der Waals surface area (Å²) in [5.74, 6) is 2.09. The van der Waals surface area contributed by atoms with E-state index < -0.39 is 0 Å². The zero-order chi connectivity index (χ0) is 17.5. The summed E-state index contributed by atoms with van der Waals surface area (Å²) in [6.07, 6.45) is 1.73. The first-order valence-electron chi connectivity index (χ1n) is 8.36. The van der Waals surface area contributed by atoms with Crippen LogP contribution in [0.2, 0.25) is 0 Å². The summed E-state index contributed by atoms with van der Waals surface area (Å²) in [6.45, 7) is 5.40. The monoisotopic (exact) mass is 334 g/mol. The number of ether oxygens (including phenoxy) is 1. The third kappa shape index (κ3) is 4.47. The van der Waals surface area contributed by atoms with Gasteiger partial charge in [-0.2, -0.15) is 4.98 Å². The lowest BCUT2D eigenvalue weighted by Crippen LogP contribution is -2.05. The maximum atomic E-state index is 5.62. The molecule has 5 heteroatoms. The fraction of sp³-hybridized carbons (Fsp3) is 0.200. The Morgan fingerprint density at radius 2 is 1.80 bits per heavy atom. The molecule has 0 aliphatic rings. The topological polar surface area (TPSA) is 59.1 Å². The number of nitrogens with one attached hydrogen (secondary N) is 2. The van der Waals surface area contributed by atoms with Crippen molar-refractivity contribution in [2.45, 2.75) is 20.4 Å². The lowest BCUT2D eigenvalue weighted by atomic mass is 10.1. The Hall–Kier alpha value is -3.08. The van der Waals surface area contributed by atoms with Crippen LogP contribution in [0, 0.1) is 6.92 Å². The molecule has 0 fully saturated rings. The Labute approximate surface area is 148 Å². The number of anilines is 3. The molecule has 25 heavy (non-hydrogen) atoms. The third-order valence-corrected chi connectivity index (χ3v) is 3.81. The minimum Gasteiger partial charge on any atom is -0.492 e. The molecule has 5 nitrogen and oxygen atoms in total. The molecule has 1 heterocycles. The molecule has 0 saturated carbocycles. The lowest BCUT2D eigenvalue weighted by Gasteiger charge is -2.12. The van der Waals surface area contributed by atoms with Crippen molar-refractivity contribution in [2.24, 2.45) is 0 Å². The molecule has 0 unspecified atom stereocenters. The highest BCUT2D eigenvalue weighted by molar-refractivity contribution is 5.62. The highest BCUT2D eigenvalue weighted by Gasteiger charge is 2.05. The molecule has 128 valence electrons. The zero-order valence-corrected chi connectivity index (χ0v) is 14.5. The number of rotatable bonds is 7. The van der Waals surface area contributed by atoms with Gasteiger partial charge in [0.2, 0.25) is 5.95 Å². The number of hydrogen-bond acceptors (Lipinski definition) is 5. The van der Waals surface area contributed by atoms with Gasteiger partial charge in [0.25, 0.3) is 0 Å². The van der Waals surface area contributed by atoms with Crippen LogP contribution in [-0.2, 0) is 6.54 Å². The molecular weight excluding hydrogens is 312 g/mol. The minimum atomic E-state index is 0.530. The molecule has 2 aromatic carbocycles. The number of para-hydroxylation sites is 2. The van der Waals surface area contributed by atoms with Crippen LogP contribution < -0.4 is 15.4 Å².